The fourth-order valence-corrected chi connectivity index (χ4v) is 2.85. The van der Waals surface area contributed by atoms with Crippen LogP contribution in [0.2, 0.25) is 0 Å². The maximum atomic E-state index is 13.2. The molecule has 0 radical (unpaired) electrons. The third kappa shape index (κ3) is 2.42. The van der Waals surface area contributed by atoms with Crippen LogP contribution in [0.25, 0.3) is 0 Å². The van der Waals surface area contributed by atoms with Gasteiger partial charge in [-0.3, -0.25) is 4.90 Å². The van der Waals surface area contributed by atoms with E-state index >= 15 is 0 Å². The van der Waals surface area contributed by atoms with Crippen LogP contribution in [0.5, 0.6) is 0 Å². The van der Waals surface area contributed by atoms with Crippen molar-refractivity contribution in [2.24, 2.45) is 0 Å². The number of halogens is 1. The molecule has 2 aliphatic heterocycles. The third-order valence-electron chi connectivity index (χ3n) is 3.51. The number of morpholine rings is 1. The number of nitrogens with two attached hydrogens (primary N) is 1. The molecule has 0 aromatic heterocycles. The summed E-state index contributed by atoms with van der Waals surface area (Å²) in [6, 6.07) is 4.76. The highest BCUT2D eigenvalue weighted by molar-refractivity contribution is 5.41. The van der Waals surface area contributed by atoms with Gasteiger partial charge >= 0.3 is 0 Å². The van der Waals surface area contributed by atoms with Crippen molar-refractivity contribution >= 4 is 5.69 Å². The monoisotopic (exact) mass is 236 g/mol. The highest BCUT2D eigenvalue weighted by atomic mass is 19.1. The summed E-state index contributed by atoms with van der Waals surface area (Å²) in [6.07, 6.45) is 3.07. The smallest absolute Gasteiger partial charge is 0.125 e. The van der Waals surface area contributed by atoms with Crippen molar-refractivity contribution in [3.8, 4) is 0 Å². The lowest BCUT2D eigenvalue weighted by molar-refractivity contribution is -0.0410. The molecule has 4 heteroatoms. The molecule has 1 aromatic carbocycles. The molecule has 2 fully saturated rings. The molecule has 2 bridgehead atoms. The first-order chi connectivity index (χ1) is 8.19. The lowest BCUT2D eigenvalue weighted by Crippen LogP contribution is -2.41. The van der Waals surface area contributed by atoms with Gasteiger partial charge in [0.2, 0.25) is 0 Å². The molecule has 92 valence electrons. The topological polar surface area (TPSA) is 38.5 Å². The van der Waals surface area contributed by atoms with E-state index in [1.54, 1.807) is 6.07 Å². The van der Waals surface area contributed by atoms with Gasteiger partial charge in [0.25, 0.3) is 0 Å². The zero-order valence-corrected chi connectivity index (χ0v) is 9.73. The Kier molecular flexibility index (Phi) is 2.76. The van der Waals surface area contributed by atoms with Gasteiger partial charge in [-0.15, -0.1) is 0 Å². The number of nitrogens with zero attached hydrogens (tertiary/aromatic N) is 1. The fraction of sp³-hybridized carbons (Fsp3) is 0.538. The van der Waals surface area contributed by atoms with Gasteiger partial charge in [0.05, 0.1) is 12.2 Å². The fourth-order valence-electron chi connectivity index (χ4n) is 2.85. The molecule has 2 atom stereocenters. The summed E-state index contributed by atoms with van der Waals surface area (Å²) in [7, 11) is 0. The molecular weight excluding hydrogens is 219 g/mol. The number of likely N-dealkylation sites (tertiary alicyclic amines) is 1. The van der Waals surface area contributed by atoms with E-state index in [1.807, 2.05) is 6.07 Å². The molecular formula is C13H17FN2O. The van der Waals surface area contributed by atoms with E-state index in [2.05, 4.69) is 4.90 Å². The van der Waals surface area contributed by atoms with Crippen molar-refractivity contribution in [1.29, 1.82) is 0 Å². The van der Waals surface area contributed by atoms with Crippen molar-refractivity contribution in [3.05, 3.63) is 29.6 Å². The Morgan fingerprint density at radius 2 is 1.94 bits per heavy atom. The molecule has 0 amide bonds. The molecule has 3 nitrogen and oxygen atoms in total. The van der Waals surface area contributed by atoms with Gasteiger partial charge in [0.15, 0.2) is 0 Å². The van der Waals surface area contributed by atoms with Crippen LogP contribution in [0.15, 0.2) is 18.2 Å². The van der Waals surface area contributed by atoms with Gasteiger partial charge in [-0.05, 0) is 36.6 Å². The standard InChI is InChI=1S/C13H17FN2O/c14-10-3-9(4-11(15)5-10)6-16-7-12-1-2-13(8-16)17-12/h3-5,12-13H,1-2,6-8,15H2. The van der Waals surface area contributed by atoms with E-state index in [9.17, 15) is 4.39 Å². The molecule has 1 aromatic rings. The molecule has 2 aliphatic rings. The molecule has 0 aliphatic carbocycles. The number of benzene rings is 1. The number of fused-ring (bicyclic) bond motifs is 2. The zero-order valence-electron chi connectivity index (χ0n) is 9.73. The van der Waals surface area contributed by atoms with Gasteiger partial charge in [-0.2, -0.15) is 0 Å². The van der Waals surface area contributed by atoms with Gasteiger partial charge in [-0.25, -0.2) is 4.39 Å². The number of rotatable bonds is 2. The minimum atomic E-state index is -0.253. The molecule has 0 spiro atoms. The molecule has 2 saturated heterocycles. The summed E-state index contributed by atoms with van der Waals surface area (Å²) in [4.78, 5) is 2.33. The highest BCUT2D eigenvalue weighted by Crippen LogP contribution is 2.27. The van der Waals surface area contributed by atoms with Crippen molar-refractivity contribution in [2.45, 2.75) is 31.6 Å². The van der Waals surface area contributed by atoms with Gasteiger partial charge in [-0.1, -0.05) is 0 Å². The second-order valence-corrected chi connectivity index (χ2v) is 5.04. The van der Waals surface area contributed by atoms with E-state index in [4.69, 9.17) is 10.5 Å². The van der Waals surface area contributed by atoms with E-state index in [0.717, 1.165) is 38.0 Å². The maximum absolute atomic E-state index is 13.2. The Bertz CT molecular complexity index is 392. The van der Waals surface area contributed by atoms with Crippen molar-refractivity contribution in [3.63, 3.8) is 0 Å². The second kappa shape index (κ2) is 4.27. The number of hydrogen-bond acceptors (Lipinski definition) is 3. The lowest BCUT2D eigenvalue weighted by Gasteiger charge is -2.32. The Morgan fingerprint density at radius 3 is 2.59 bits per heavy atom. The van der Waals surface area contributed by atoms with Crippen molar-refractivity contribution < 1.29 is 9.13 Å². The Labute approximate surface area is 100 Å². The molecule has 3 rings (SSSR count). The summed E-state index contributed by atoms with van der Waals surface area (Å²) >= 11 is 0. The second-order valence-electron chi connectivity index (χ2n) is 5.04. The van der Waals surface area contributed by atoms with E-state index in [0.29, 0.717) is 17.9 Å². The maximum Gasteiger partial charge on any atom is 0.125 e. The van der Waals surface area contributed by atoms with Gasteiger partial charge < -0.3 is 10.5 Å². The first-order valence-electron chi connectivity index (χ1n) is 6.12. The average molecular weight is 236 g/mol. The Morgan fingerprint density at radius 1 is 1.24 bits per heavy atom. The van der Waals surface area contributed by atoms with Crippen LogP contribution in [0.3, 0.4) is 0 Å². The van der Waals surface area contributed by atoms with E-state index < -0.39 is 0 Å². The molecule has 2 unspecified atom stereocenters. The van der Waals surface area contributed by atoms with Crippen LogP contribution < -0.4 is 5.73 Å². The SMILES string of the molecule is Nc1cc(F)cc(CN2CC3CCC(C2)O3)c1. The van der Waals surface area contributed by atoms with Crippen LogP contribution in [0, 0.1) is 5.82 Å². The summed E-state index contributed by atoms with van der Waals surface area (Å²) < 4.78 is 19.0. The van der Waals surface area contributed by atoms with Crippen LogP contribution in [0.4, 0.5) is 10.1 Å². The van der Waals surface area contributed by atoms with E-state index in [1.165, 1.54) is 6.07 Å². The zero-order chi connectivity index (χ0) is 11.8. The predicted molar refractivity (Wildman–Crippen MR) is 64.0 cm³/mol. The summed E-state index contributed by atoms with van der Waals surface area (Å²) in [5.74, 6) is -0.253. The predicted octanol–water partition coefficient (Wildman–Crippen LogP) is 1.77. The normalized spacial score (nSPS) is 28.5. The minimum absolute atomic E-state index is 0.253. The number of nitrogen functional groups attached to an aromatic ring is 1. The quantitative estimate of drug-likeness (QED) is 0.795. The van der Waals surface area contributed by atoms with Crippen LogP contribution in [-0.2, 0) is 11.3 Å². The first kappa shape index (κ1) is 11.0. The Balaban J connectivity index is 1.70. The van der Waals surface area contributed by atoms with E-state index in [-0.39, 0.29) is 5.82 Å². The lowest BCUT2D eigenvalue weighted by atomic mass is 10.1. The molecule has 2 N–H and O–H groups in total. The number of ether oxygens (including phenoxy) is 1. The molecule has 0 saturated carbocycles. The summed E-state index contributed by atoms with van der Waals surface area (Å²) in [6.45, 7) is 2.66. The summed E-state index contributed by atoms with van der Waals surface area (Å²) in [5, 5.41) is 0. The minimum Gasteiger partial charge on any atom is -0.399 e. The highest BCUT2D eigenvalue weighted by Gasteiger charge is 2.33. The molecule has 17 heavy (non-hydrogen) atoms. The van der Waals surface area contributed by atoms with Gasteiger partial charge in [0.1, 0.15) is 5.82 Å². The number of hydrogen-bond donors (Lipinski definition) is 1. The van der Waals surface area contributed by atoms with Gasteiger partial charge in [0, 0.05) is 25.3 Å². The van der Waals surface area contributed by atoms with Crippen LogP contribution >= 0.6 is 0 Å². The van der Waals surface area contributed by atoms with Crippen LogP contribution in [-0.4, -0.2) is 30.2 Å². The molecule has 2 heterocycles. The first-order valence-corrected chi connectivity index (χ1v) is 6.12. The number of anilines is 1. The Hall–Kier alpha value is -1.13. The largest absolute Gasteiger partial charge is 0.399 e. The van der Waals surface area contributed by atoms with Crippen molar-refractivity contribution in [1.82, 2.24) is 4.90 Å². The third-order valence-corrected chi connectivity index (χ3v) is 3.51. The average Bonchev–Trinajstić information content (AvgIpc) is 2.56. The van der Waals surface area contributed by atoms with Crippen molar-refractivity contribution in [2.75, 3.05) is 18.8 Å². The summed E-state index contributed by atoms with van der Waals surface area (Å²) in [5.41, 5.74) is 7.09. The van der Waals surface area contributed by atoms with Crippen LogP contribution in [0.1, 0.15) is 18.4 Å².